The fourth-order valence-electron chi connectivity index (χ4n) is 2.84. The Balaban J connectivity index is 1.82. The average molecular weight is 372 g/mol. The Hall–Kier alpha value is -3.49. The lowest BCUT2D eigenvalue weighted by atomic mass is 9.99. The predicted molar refractivity (Wildman–Crippen MR) is 89.9 cm³/mol. The number of pyridine rings is 2. The molecule has 0 radical (unpaired) electrons. The zero-order valence-corrected chi connectivity index (χ0v) is 13.6. The van der Waals surface area contributed by atoms with E-state index < -0.39 is 17.6 Å². The number of hydrogen-bond donors (Lipinski definition) is 1. The third kappa shape index (κ3) is 3.19. The number of benzene rings is 1. The van der Waals surface area contributed by atoms with Gasteiger partial charge in [-0.1, -0.05) is 29.4 Å². The number of halogens is 3. The van der Waals surface area contributed by atoms with Gasteiger partial charge in [0.25, 0.3) is 5.56 Å². The molecule has 0 aliphatic heterocycles. The molecular weight excluding hydrogens is 361 g/mol. The van der Waals surface area contributed by atoms with E-state index in [1.165, 1.54) is 12.3 Å². The lowest BCUT2D eigenvalue weighted by Gasteiger charge is -2.08. The molecule has 9 heteroatoms. The molecular formula is C18H11F3N4O2. The molecule has 0 bridgehead atoms. The van der Waals surface area contributed by atoms with Gasteiger partial charge < -0.3 is 9.51 Å². The molecule has 0 amide bonds. The number of alkyl halides is 3. The Bertz CT molecular complexity index is 1180. The van der Waals surface area contributed by atoms with Gasteiger partial charge in [0.05, 0.1) is 5.52 Å². The van der Waals surface area contributed by atoms with Crippen LogP contribution in [0, 0.1) is 0 Å². The standard InChI is InChI=1S/C18H11F3N4O2/c19-18(20,21)17-24-15(25-27-17)12-6-8-23-16(26)13(12)9-11-4-1-3-10-5-2-7-22-14(10)11/h1-8H,9H2,(H,23,26). The van der Waals surface area contributed by atoms with Crippen LogP contribution in [0.1, 0.15) is 17.0 Å². The SMILES string of the molecule is O=c1[nH]ccc(-c2noc(C(F)(F)F)n2)c1Cc1cccc2cccnc12. The molecule has 0 atom stereocenters. The van der Waals surface area contributed by atoms with Crippen LogP contribution in [0.2, 0.25) is 0 Å². The Kier molecular flexibility index (Phi) is 3.98. The maximum Gasteiger partial charge on any atom is 0.471 e. The second kappa shape index (κ2) is 6.35. The zero-order chi connectivity index (χ0) is 19.0. The Morgan fingerprint density at radius 3 is 2.70 bits per heavy atom. The normalized spacial score (nSPS) is 11.8. The minimum Gasteiger partial charge on any atom is -0.329 e. The first-order valence-electron chi connectivity index (χ1n) is 7.88. The highest BCUT2D eigenvalue weighted by molar-refractivity contribution is 5.82. The van der Waals surface area contributed by atoms with Crippen molar-refractivity contribution in [1.29, 1.82) is 0 Å². The van der Waals surface area contributed by atoms with Gasteiger partial charge in [0, 0.05) is 35.3 Å². The lowest BCUT2D eigenvalue weighted by Crippen LogP contribution is -2.14. The Labute approximate surface area is 149 Å². The van der Waals surface area contributed by atoms with E-state index in [1.807, 2.05) is 24.3 Å². The number of aromatic amines is 1. The van der Waals surface area contributed by atoms with Crippen molar-refractivity contribution >= 4 is 10.9 Å². The highest BCUT2D eigenvalue weighted by Gasteiger charge is 2.38. The molecule has 4 aromatic rings. The molecule has 0 fully saturated rings. The van der Waals surface area contributed by atoms with Crippen LogP contribution < -0.4 is 5.56 Å². The molecule has 0 spiro atoms. The summed E-state index contributed by atoms with van der Waals surface area (Å²) >= 11 is 0. The summed E-state index contributed by atoms with van der Waals surface area (Å²) in [7, 11) is 0. The third-order valence-corrected chi connectivity index (χ3v) is 4.06. The lowest BCUT2D eigenvalue weighted by molar-refractivity contribution is -0.159. The van der Waals surface area contributed by atoms with Crippen LogP contribution in [0.3, 0.4) is 0 Å². The van der Waals surface area contributed by atoms with Crippen molar-refractivity contribution in [3.63, 3.8) is 0 Å². The number of nitrogens with zero attached hydrogens (tertiary/aromatic N) is 3. The van der Waals surface area contributed by atoms with E-state index in [0.717, 1.165) is 10.9 Å². The molecule has 6 nitrogen and oxygen atoms in total. The van der Waals surface area contributed by atoms with Crippen molar-refractivity contribution in [3.8, 4) is 11.4 Å². The van der Waals surface area contributed by atoms with E-state index in [4.69, 9.17) is 0 Å². The summed E-state index contributed by atoms with van der Waals surface area (Å²) in [5.74, 6) is -1.76. The number of hydrogen-bond acceptors (Lipinski definition) is 5. The molecule has 0 saturated heterocycles. The highest BCUT2D eigenvalue weighted by atomic mass is 19.4. The van der Waals surface area contributed by atoms with E-state index in [1.54, 1.807) is 12.3 Å². The van der Waals surface area contributed by atoms with Crippen LogP contribution in [-0.4, -0.2) is 20.1 Å². The number of H-pyrrole nitrogens is 1. The van der Waals surface area contributed by atoms with Crippen molar-refractivity contribution in [3.05, 3.63) is 76.2 Å². The molecule has 3 aromatic heterocycles. The smallest absolute Gasteiger partial charge is 0.329 e. The maximum absolute atomic E-state index is 12.7. The number of nitrogens with one attached hydrogen (secondary N) is 1. The molecule has 27 heavy (non-hydrogen) atoms. The highest BCUT2D eigenvalue weighted by Crippen LogP contribution is 2.30. The number of rotatable bonds is 3. The van der Waals surface area contributed by atoms with Gasteiger partial charge in [-0.3, -0.25) is 9.78 Å². The maximum atomic E-state index is 12.7. The van der Waals surface area contributed by atoms with Gasteiger partial charge in [-0.25, -0.2) is 0 Å². The molecule has 1 aromatic carbocycles. The van der Waals surface area contributed by atoms with Crippen molar-refractivity contribution < 1.29 is 17.7 Å². The van der Waals surface area contributed by atoms with E-state index in [2.05, 4.69) is 24.6 Å². The second-order valence-electron chi connectivity index (χ2n) is 5.79. The van der Waals surface area contributed by atoms with Gasteiger partial charge in [-0.2, -0.15) is 18.2 Å². The quantitative estimate of drug-likeness (QED) is 0.594. The first kappa shape index (κ1) is 17.0. The van der Waals surface area contributed by atoms with Crippen LogP contribution in [-0.2, 0) is 12.6 Å². The molecule has 136 valence electrons. The molecule has 0 saturated carbocycles. The van der Waals surface area contributed by atoms with Gasteiger partial charge in [0.2, 0.25) is 5.82 Å². The number of aromatic nitrogens is 4. The van der Waals surface area contributed by atoms with Crippen LogP contribution in [0.15, 0.2) is 58.1 Å². The first-order valence-corrected chi connectivity index (χ1v) is 7.88. The van der Waals surface area contributed by atoms with Crippen molar-refractivity contribution in [2.75, 3.05) is 0 Å². The summed E-state index contributed by atoms with van der Waals surface area (Å²) in [5.41, 5.74) is 1.42. The van der Waals surface area contributed by atoms with Gasteiger partial charge >= 0.3 is 12.1 Å². The third-order valence-electron chi connectivity index (χ3n) is 4.06. The van der Waals surface area contributed by atoms with E-state index in [0.29, 0.717) is 5.52 Å². The summed E-state index contributed by atoms with van der Waals surface area (Å²) in [6.45, 7) is 0. The van der Waals surface area contributed by atoms with Crippen LogP contribution >= 0.6 is 0 Å². The summed E-state index contributed by atoms with van der Waals surface area (Å²) < 4.78 is 42.5. The Morgan fingerprint density at radius 1 is 1.11 bits per heavy atom. The second-order valence-corrected chi connectivity index (χ2v) is 5.79. The minimum absolute atomic E-state index is 0.149. The van der Waals surface area contributed by atoms with Gasteiger partial charge in [0.1, 0.15) is 0 Å². The van der Waals surface area contributed by atoms with Crippen LogP contribution in [0.4, 0.5) is 13.2 Å². The molecule has 1 N–H and O–H groups in total. The van der Waals surface area contributed by atoms with Crippen molar-refractivity contribution in [2.24, 2.45) is 0 Å². The largest absolute Gasteiger partial charge is 0.471 e. The van der Waals surface area contributed by atoms with E-state index in [9.17, 15) is 18.0 Å². The topological polar surface area (TPSA) is 84.7 Å². The van der Waals surface area contributed by atoms with Gasteiger partial charge in [-0.05, 0) is 17.7 Å². The van der Waals surface area contributed by atoms with Crippen LogP contribution in [0.25, 0.3) is 22.3 Å². The Morgan fingerprint density at radius 2 is 1.93 bits per heavy atom. The van der Waals surface area contributed by atoms with Crippen LogP contribution in [0.5, 0.6) is 0 Å². The summed E-state index contributed by atoms with van der Waals surface area (Å²) in [4.78, 5) is 22.6. The molecule has 0 unspecified atom stereocenters. The molecule has 4 rings (SSSR count). The minimum atomic E-state index is -4.76. The summed E-state index contributed by atoms with van der Waals surface area (Å²) in [5, 5.41) is 4.28. The van der Waals surface area contributed by atoms with E-state index in [-0.39, 0.29) is 23.4 Å². The molecule has 0 aliphatic rings. The summed E-state index contributed by atoms with van der Waals surface area (Å²) in [6.07, 6.45) is -1.65. The molecule has 0 aliphatic carbocycles. The molecule has 3 heterocycles. The zero-order valence-electron chi connectivity index (χ0n) is 13.6. The van der Waals surface area contributed by atoms with Gasteiger partial charge in [0.15, 0.2) is 0 Å². The fourth-order valence-corrected chi connectivity index (χ4v) is 2.84. The predicted octanol–water partition coefficient (Wildman–Crippen LogP) is 3.58. The van der Waals surface area contributed by atoms with Crippen molar-refractivity contribution in [2.45, 2.75) is 12.6 Å². The van der Waals surface area contributed by atoms with Gasteiger partial charge in [-0.15, -0.1) is 0 Å². The van der Waals surface area contributed by atoms with E-state index >= 15 is 0 Å². The summed E-state index contributed by atoms with van der Waals surface area (Å²) in [6, 6.07) is 10.6. The number of para-hydroxylation sites is 1. The average Bonchev–Trinajstić information content (AvgIpc) is 3.14. The number of fused-ring (bicyclic) bond motifs is 1. The first-order chi connectivity index (χ1) is 12.9. The fraction of sp³-hybridized carbons (Fsp3) is 0.111. The monoisotopic (exact) mass is 372 g/mol. The van der Waals surface area contributed by atoms with Crippen molar-refractivity contribution in [1.82, 2.24) is 20.1 Å².